The van der Waals surface area contributed by atoms with E-state index in [1.165, 1.54) is 44.0 Å². The fraction of sp³-hybridized carbons (Fsp3) is 0.0526. The fourth-order valence-corrected chi connectivity index (χ4v) is 5.75. The monoisotopic (exact) mass is 531 g/mol. The maximum atomic E-state index is 9.69. The first-order valence-corrected chi connectivity index (χ1v) is 13.8. The van der Waals surface area contributed by atoms with Gasteiger partial charge in [0.05, 0.1) is 5.69 Å². The van der Waals surface area contributed by atoms with Crippen molar-refractivity contribution in [3.8, 4) is 16.9 Å². The normalized spacial score (nSPS) is 12.1. The maximum Gasteiger partial charge on any atom is 0.216 e. The quantitative estimate of drug-likeness (QED) is 0.126. The SMILES string of the molecule is C=CC(O)Oc1ccc(-c2ccc(N(c3ccc(C)cc3)c3ccc4ccc5cccc6ccc3c4c56)cc2)cc1. The Morgan fingerprint density at radius 3 is 1.80 bits per heavy atom. The number of nitrogens with zero attached hydrogens (tertiary/aromatic N) is 1. The summed E-state index contributed by atoms with van der Waals surface area (Å²) in [5, 5.41) is 17.3. The molecule has 0 aromatic heterocycles. The van der Waals surface area contributed by atoms with E-state index >= 15 is 0 Å². The Morgan fingerprint density at radius 1 is 0.634 bits per heavy atom. The second-order valence-electron chi connectivity index (χ2n) is 10.4. The molecular weight excluding hydrogens is 502 g/mol. The van der Waals surface area contributed by atoms with Gasteiger partial charge in [-0.15, -0.1) is 0 Å². The maximum absolute atomic E-state index is 9.69. The Labute approximate surface area is 239 Å². The molecule has 0 spiro atoms. The minimum atomic E-state index is -1.02. The average Bonchev–Trinajstić information content (AvgIpc) is 3.02. The number of aryl methyl sites for hydroxylation is 1. The first kappa shape index (κ1) is 24.9. The van der Waals surface area contributed by atoms with Crippen molar-refractivity contribution >= 4 is 49.4 Å². The molecular formula is C38H29NO2. The van der Waals surface area contributed by atoms with Crippen LogP contribution in [0.1, 0.15) is 5.56 Å². The zero-order valence-electron chi connectivity index (χ0n) is 22.8. The fourth-order valence-electron chi connectivity index (χ4n) is 5.75. The van der Waals surface area contributed by atoms with Gasteiger partial charge in [-0.3, -0.25) is 0 Å². The van der Waals surface area contributed by atoms with E-state index in [2.05, 4.69) is 122 Å². The lowest BCUT2D eigenvalue weighted by Gasteiger charge is -2.28. The highest BCUT2D eigenvalue weighted by Crippen LogP contribution is 2.44. The average molecular weight is 532 g/mol. The molecule has 0 aliphatic heterocycles. The third kappa shape index (κ3) is 4.47. The molecule has 0 amide bonds. The molecule has 0 fully saturated rings. The zero-order valence-corrected chi connectivity index (χ0v) is 22.8. The van der Waals surface area contributed by atoms with Gasteiger partial charge in [0.2, 0.25) is 6.29 Å². The van der Waals surface area contributed by atoms with Gasteiger partial charge in [0, 0.05) is 16.8 Å². The second kappa shape index (κ2) is 10.1. The van der Waals surface area contributed by atoms with Crippen molar-refractivity contribution in [2.45, 2.75) is 13.2 Å². The first-order chi connectivity index (χ1) is 20.1. The molecule has 0 saturated heterocycles. The van der Waals surface area contributed by atoms with Crippen molar-refractivity contribution in [1.82, 2.24) is 0 Å². The van der Waals surface area contributed by atoms with Crippen molar-refractivity contribution in [1.29, 1.82) is 0 Å². The van der Waals surface area contributed by atoms with Crippen LogP contribution in [-0.2, 0) is 0 Å². The third-order valence-corrected chi connectivity index (χ3v) is 7.81. The van der Waals surface area contributed by atoms with Gasteiger partial charge in [-0.05, 0) is 93.5 Å². The number of ether oxygens (including phenoxy) is 1. The summed E-state index contributed by atoms with van der Waals surface area (Å²) in [5.74, 6) is 0.595. The van der Waals surface area contributed by atoms with E-state index in [0.717, 1.165) is 28.2 Å². The number of anilines is 3. The van der Waals surface area contributed by atoms with Crippen LogP contribution in [0.25, 0.3) is 43.4 Å². The van der Waals surface area contributed by atoms with Gasteiger partial charge in [0.1, 0.15) is 5.75 Å². The summed E-state index contributed by atoms with van der Waals surface area (Å²) in [6, 6.07) is 45.1. The lowest BCUT2D eigenvalue weighted by Crippen LogP contribution is -2.11. The summed E-state index contributed by atoms with van der Waals surface area (Å²) in [7, 11) is 0. The molecule has 7 aromatic rings. The second-order valence-corrected chi connectivity index (χ2v) is 10.4. The van der Waals surface area contributed by atoms with Crippen molar-refractivity contribution in [2.24, 2.45) is 0 Å². The third-order valence-electron chi connectivity index (χ3n) is 7.81. The van der Waals surface area contributed by atoms with E-state index in [9.17, 15) is 5.11 Å². The highest BCUT2D eigenvalue weighted by Gasteiger charge is 2.18. The molecule has 0 bridgehead atoms. The topological polar surface area (TPSA) is 32.7 Å². The van der Waals surface area contributed by atoms with E-state index in [-0.39, 0.29) is 0 Å². The Kier molecular flexibility index (Phi) is 6.15. The molecule has 7 rings (SSSR count). The van der Waals surface area contributed by atoms with Gasteiger partial charge in [0.15, 0.2) is 0 Å². The number of hydrogen-bond donors (Lipinski definition) is 1. The van der Waals surface area contributed by atoms with Crippen molar-refractivity contribution in [3.05, 3.63) is 146 Å². The summed E-state index contributed by atoms with van der Waals surface area (Å²) in [6.45, 7) is 5.67. The van der Waals surface area contributed by atoms with E-state index in [4.69, 9.17) is 4.74 Å². The van der Waals surface area contributed by atoms with Gasteiger partial charge < -0.3 is 14.7 Å². The Bertz CT molecular complexity index is 1980. The van der Waals surface area contributed by atoms with Gasteiger partial charge in [-0.1, -0.05) is 97.1 Å². The Balaban J connectivity index is 1.34. The molecule has 3 nitrogen and oxygen atoms in total. The van der Waals surface area contributed by atoms with Crippen molar-refractivity contribution in [2.75, 3.05) is 4.90 Å². The summed E-state index contributed by atoms with van der Waals surface area (Å²) < 4.78 is 5.42. The van der Waals surface area contributed by atoms with E-state index in [1.807, 2.05) is 24.3 Å². The highest BCUT2D eigenvalue weighted by molar-refractivity contribution is 6.25. The van der Waals surface area contributed by atoms with Crippen LogP contribution in [0.15, 0.2) is 140 Å². The summed E-state index contributed by atoms with van der Waals surface area (Å²) in [6.07, 6.45) is 0.334. The minimum absolute atomic E-state index is 0.595. The number of aliphatic hydroxyl groups is 1. The van der Waals surface area contributed by atoms with Crippen LogP contribution in [0.5, 0.6) is 5.75 Å². The first-order valence-electron chi connectivity index (χ1n) is 13.8. The molecule has 0 saturated carbocycles. The lowest BCUT2D eigenvalue weighted by molar-refractivity contribution is 0.0251. The molecule has 198 valence electrons. The van der Waals surface area contributed by atoms with Crippen molar-refractivity contribution < 1.29 is 9.84 Å². The molecule has 0 heterocycles. The van der Waals surface area contributed by atoms with Crippen molar-refractivity contribution in [3.63, 3.8) is 0 Å². The molecule has 1 atom stereocenters. The molecule has 0 aliphatic rings. The van der Waals surface area contributed by atoms with Crippen LogP contribution in [0.3, 0.4) is 0 Å². The molecule has 0 radical (unpaired) electrons. The van der Waals surface area contributed by atoms with Crippen LogP contribution >= 0.6 is 0 Å². The highest BCUT2D eigenvalue weighted by atomic mass is 16.6. The zero-order chi connectivity index (χ0) is 27.9. The summed E-state index contributed by atoms with van der Waals surface area (Å²) in [5.41, 5.74) is 6.75. The van der Waals surface area contributed by atoms with Crippen LogP contribution in [0.2, 0.25) is 0 Å². The van der Waals surface area contributed by atoms with Gasteiger partial charge in [0.25, 0.3) is 0 Å². The molecule has 41 heavy (non-hydrogen) atoms. The Morgan fingerprint density at radius 2 is 1.17 bits per heavy atom. The molecule has 3 heteroatoms. The summed E-state index contributed by atoms with van der Waals surface area (Å²) >= 11 is 0. The minimum Gasteiger partial charge on any atom is -0.461 e. The number of hydrogen-bond acceptors (Lipinski definition) is 3. The van der Waals surface area contributed by atoms with Gasteiger partial charge in [-0.25, -0.2) is 0 Å². The number of rotatable bonds is 7. The summed E-state index contributed by atoms with van der Waals surface area (Å²) in [4.78, 5) is 2.35. The van der Waals surface area contributed by atoms with Crippen LogP contribution in [-0.4, -0.2) is 11.4 Å². The smallest absolute Gasteiger partial charge is 0.216 e. The number of benzene rings is 7. The largest absolute Gasteiger partial charge is 0.461 e. The van der Waals surface area contributed by atoms with Gasteiger partial charge in [-0.2, -0.15) is 0 Å². The van der Waals surface area contributed by atoms with Crippen LogP contribution in [0, 0.1) is 6.92 Å². The molecule has 0 aliphatic carbocycles. The van der Waals surface area contributed by atoms with E-state index in [1.54, 1.807) is 0 Å². The van der Waals surface area contributed by atoms with Gasteiger partial charge >= 0.3 is 0 Å². The predicted molar refractivity (Wildman–Crippen MR) is 172 cm³/mol. The molecule has 1 N–H and O–H groups in total. The molecule has 7 aromatic carbocycles. The molecule has 1 unspecified atom stereocenters. The number of aliphatic hydroxyl groups excluding tert-OH is 1. The van der Waals surface area contributed by atoms with E-state index in [0.29, 0.717) is 5.75 Å². The lowest BCUT2D eigenvalue weighted by atomic mass is 9.93. The van der Waals surface area contributed by atoms with E-state index < -0.39 is 6.29 Å². The standard InChI is InChI=1S/C38H29NO2/c1-3-36(40)41-33-21-13-27(14-22-33)26-11-19-32(20-12-26)39(31-17-7-25(2)8-18-31)35-24-16-30-10-9-28-5-4-6-29-15-23-34(35)38(30)37(28)29/h3-24,36,40H,1H2,2H3. The van der Waals surface area contributed by atoms with Crippen LogP contribution in [0.4, 0.5) is 17.1 Å². The Hall–Kier alpha value is -5.12. The predicted octanol–water partition coefficient (Wildman–Crippen LogP) is 9.91. The van der Waals surface area contributed by atoms with Crippen LogP contribution < -0.4 is 9.64 Å².